The molecular formula is C17H28N2O4. The van der Waals surface area contributed by atoms with E-state index in [0.29, 0.717) is 38.6 Å². The van der Waals surface area contributed by atoms with Gasteiger partial charge in [0, 0.05) is 52.2 Å². The van der Waals surface area contributed by atoms with Crippen LogP contribution in [0.3, 0.4) is 0 Å². The summed E-state index contributed by atoms with van der Waals surface area (Å²) in [5.41, 5.74) is -0.779. The number of hydrogen-bond donors (Lipinski definition) is 1. The SMILES string of the molecule is COCCN1C[C@@H]2CN(C(=O)CC3CCCC3)C[C@]2(C(=O)O)C1. The number of carboxylic acids is 1. The van der Waals surface area contributed by atoms with Gasteiger partial charge in [0.25, 0.3) is 0 Å². The first-order valence-electron chi connectivity index (χ1n) is 8.77. The van der Waals surface area contributed by atoms with Gasteiger partial charge in [-0.05, 0) is 18.8 Å². The third-order valence-electron chi connectivity index (χ3n) is 6.01. The second-order valence-electron chi connectivity index (χ2n) is 7.51. The predicted octanol–water partition coefficient (Wildman–Crippen LogP) is 1.06. The zero-order chi connectivity index (χ0) is 16.4. The van der Waals surface area contributed by atoms with Crippen LogP contribution in [-0.2, 0) is 14.3 Å². The lowest BCUT2D eigenvalue weighted by Gasteiger charge is -2.26. The van der Waals surface area contributed by atoms with Crippen molar-refractivity contribution in [2.45, 2.75) is 32.1 Å². The molecule has 2 heterocycles. The highest BCUT2D eigenvalue weighted by molar-refractivity contribution is 5.81. The molecule has 3 rings (SSSR count). The number of aliphatic carboxylic acids is 1. The van der Waals surface area contributed by atoms with Crippen molar-refractivity contribution in [1.82, 2.24) is 9.80 Å². The summed E-state index contributed by atoms with van der Waals surface area (Å²) in [5, 5.41) is 9.81. The molecule has 0 unspecified atom stereocenters. The summed E-state index contributed by atoms with van der Waals surface area (Å²) in [6.07, 6.45) is 5.37. The second-order valence-corrected chi connectivity index (χ2v) is 7.51. The summed E-state index contributed by atoms with van der Waals surface area (Å²) < 4.78 is 5.10. The lowest BCUT2D eigenvalue weighted by Crippen LogP contribution is -2.42. The maximum atomic E-state index is 12.6. The summed E-state index contributed by atoms with van der Waals surface area (Å²) in [5.74, 6) is -0.0275. The van der Waals surface area contributed by atoms with Crippen molar-refractivity contribution in [3.63, 3.8) is 0 Å². The van der Waals surface area contributed by atoms with E-state index < -0.39 is 11.4 Å². The van der Waals surface area contributed by atoms with Crippen LogP contribution in [0.4, 0.5) is 0 Å². The van der Waals surface area contributed by atoms with Crippen molar-refractivity contribution in [1.29, 1.82) is 0 Å². The number of carbonyl (C=O) groups excluding carboxylic acids is 1. The third kappa shape index (κ3) is 3.24. The number of nitrogens with zero attached hydrogens (tertiary/aromatic N) is 2. The van der Waals surface area contributed by atoms with Crippen LogP contribution in [-0.4, -0.2) is 73.2 Å². The van der Waals surface area contributed by atoms with Crippen molar-refractivity contribution >= 4 is 11.9 Å². The van der Waals surface area contributed by atoms with E-state index in [1.807, 2.05) is 4.90 Å². The van der Waals surface area contributed by atoms with Crippen molar-refractivity contribution in [3.8, 4) is 0 Å². The Bertz CT molecular complexity index is 464. The van der Waals surface area contributed by atoms with E-state index in [2.05, 4.69) is 4.90 Å². The minimum absolute atomic E-state index is 0.0457. The molecule has 0 aromatic carbocycles. The third-order valence-corrected chi connectivity index (χ3v) is 6.01. The molecule has 0 aromatic heterocycles. The lowest BCUT2D eigenvalue weighted by atomic mass is 9.81. The Morgan fingerprint density at radius 1 is 1.22 bits per heavy atom. The average Bonchev–Trinajstić information content (AvgIpc) is 3.18. The van der Waals surface area contributed by atoms with E-state index in [0.717, 1.165) is 25.9 Å². The average molecular weight is 324 g/mol. The molecule has 1 N–H and O–H groups in total. The van der Waals surface area contributed by atoms with Crippen LogP contribution in [0.25, 0.3) is 0 Å². The molecule has 1 saturated carbocycles. The van der Waals surface area contributed by atoms with Gasteiger partial charge < -0.3 is 14.7 Å². The number of fused-ring (bicyclic) bond motifs is 1. The van der Waals surface area contributed by atoms with Gasteiger partial charge in [-0.2, -0.15) is 0 Å². The number of amides is 1. The lowest BCUT2D eigenvalue weighted by molar-refractivity contribution is -0.149. The quantitative estimate of drug-likeness (QED) is 0.791. The number of carbonyl (C=O) groups is 2. The number of rotatable bonds is 6. The Morgan fingerprint density at radius 2 is 1.96 bits per heavy atom. The maximum absolute atomic E-state index is 12.6. The molecule has 0 aromatic rings. The van der Waals surface area contributed by atoms with Crippen LogP contribution in [0.15, 0.2) is 0 Å². The fourth-order valence-corrected chi connectivity index (χ4v) is 4.64. The van der Waals surface area contributed by atoms with Gasteiger partial charge >= 0.3 is 5.97 Å². The van der Waals surface area contributed by atoms with E-state index in [-0.39, 0.29) is 11.8 Å². The maximum Gasteiger partial charge on any atom is 0.313 e. The summed E-state index contributed by atoms with van der Waals surface area (Å²) >= 11 is 0. The largest absolute Gasteiger partial charge is 0.481 e. The van der Waals surface area contributed by atoms with E-state index in [9.17, 15) is 14.7 Å². The molecule has 6 heteroatoms. The van der Waals surface area contributed by atoms with Crippen LogP contribution in [0.2, 0.25) is 0 Å². The molecule has 0 bridgehead atoms. The monoisotopic (exact) mass is 324 g/mol. The van der Waals surface area contributed by atoms with Crippen molar-refractivity contribution in [2.75, 3.05) is 46.4 Å². The van der Waals surface area contributed by atoms with Gasteiger partial charge in [0.1, 0.15) is 5.41 Å². The van der Waals surface area contributed by atoms with Crippen LogP contribution < -0.4 is 0 Å². The molecule has 3 aliphatic rings. The molecular weight excluding hydrogens is 296 g/mol. The number of ether oxygens (including phenoxy) is 1. The summed E-state index contributed by atoms with van der Waals surface area (Å²) in [6.45, 7) is 3.64. The Balaban J connectivity index is 1.62. The van der Waals surface area contributed by atoms with Crippen LogP contribution in [0.1, 0.15) is 32.1 Å². The first kappa shape index (κ1) is 16.7. The fraction of sp³-hybridized carbons (Fsp3) is 0.882. The van der Waals surface area contributed by atoms with Gasteiger partial charge in [0.2, 0.25) is 5.91 Å². The smallest absolute Gasteiger partial charge is 0.313 e. The molecule has 6 nitrogen and oxygen atoms in total. The minimum atomic E-state index is -0.779. The normalized spacial score (nSPS) is 31.7. The summed E-state index contributed by atoms with van der Waals surface area (Å²) in [7, 11) is 1.66. The van der Waals surface area contributed by atoms with Crippen LogP contribution in [0.5, 0.6) is 0 Å². The molecule has 0 radical (unpaired) electrons. The first-order chi connectivity index (χ1) is 11.0. The molecule has 3 fully saturated rings. The Morgan fingerprint density at radius 3 is 2.57 bits per heavy atom. The van der Waals surface area contributed by atoms with Gasteiger partial charge in [0.15, 0.2) is 0 Å². The van der Waals surface area contributed by atoms with E-state index in [1.165, 1.54) is 12.8 Å². The zero-order valence-electron chi connectivity index (χ0n) is 14.0. The first-order valence-corrected chi connectivity index (χ1v) is 8.77. The van der Waals surface area contributed by atoms with Crippen LogP contribution >= 0.6 is 0 Å². The van der Waals surface area contributed by atoms with E-state index in [1.54, 1.807) is 7.11 Å². The number of methoxy groups -OCH3 is 1. The number of hydrogen-bond acceptors (Lipinski definition) is 4. The second kappa shape index (κ2) is 6.77. The molecule has 130 valence electrons. The molecule has 1 aliphatic carbocycles. The molecule has 1 amide bonds. The van der Waals surface area contributed by atoms with Gasteiger partial charge in [-0.15, -0.1) is 0 Å². The van der Waals surface area contributed by atoms with E-state index in [4.69, 9.17) is 4.74 Å². The Labute approximate surface area is 137 Å². The highest BCUT2D eigenvalue weighted by atomic mass is 16.5. The Kier molecular flexibility index (Phi) is 4.92. The summed E-state index contributed by atoms with van der Waals surface area (Å²) in [4.78, 5) is 28.5. The number of carboxylic acid groups (broad SMARTS) is 1. The van der Waals surface area contributed by atoms with Crippen molar-refractivity contribution < 1.29 is 19.4 Å². The van der Waals surface area contributed by atoms with Crippen molar-refractivity contribution in [2.24, 2.45) is 17.3 Å². The zero-order valence-corrected chi connectivity index (χ0v) is 14.0. The predicted molar refractivity (Wildman–Crippen MR) is 85.0 cm³/mol. The Hall–Kier alpha value is -1.14. The highest BCUT2D eigenvalue weighted by Gasteiger charge is 2.58. The van der Waals surface area contributed by atoms with Gasteiger partial charge in [-0.1, -0.05) is 12.8 Å². The molecule has 2 atom stereocenters. The standard InChI is InChI=1S/C17H28N2O4/c1-23-7-6-18-9-14-10-19(12-17(14,11-18)16(21)22)15(20)8-13-4-2-3-5-13/h13-14H,2-12H2,1H3,(H,21,22)/t14-,17-/m1/s1. The van der Waals surface area contributed by atoms with Crippen LogP contribution in [0, 0.1) is 17.3 Å². The summed E-state index contributed by atoms with van der Waals surface area (Å²) in [6, 6.07) is 0. The van der Waals surface area contributed by atoms with Gasteiger partial charge in [-0.25, -0.2) is 0 Å². The minimum Gasteiger partial charge on any atom is -0.481 e. The van der Waals surface area contributed by atoms with Gasteiger partial charge in [0.05, 0.1) is 6.61 Å². The van der Waals surface area contributed by atoms with Gasteiger partial charge in [-0.3, -0.25) is 14.5 Å². The molecule has 2 aliphatic heterocycles. The number of likely N-dealkylation sites (tertiary alicyclic amines) is 2. The molecule has 2 saturated heterocycles. The highest BCUT2D eigenvalue weighted by Crippen LogP contribution is 2.43. The molecule has 0 spiro atoms. The van der Waals surface area contributed by atoms with Crippen molar-refractivity contribution in [3.05, 3.63) is 0 Å². The van der Waals surface area contributed by atoms with E-state index >= 15 is 0 Å². The fourth-order valence-electron chi connectivity index (χ4n) is 4.64. The molecule has 23 heavy (non-hydrogen) atoms. The topological polar surface area (TPSA) is 70.1 Å².